The first-order valence-electron chi connectivity index (χ1n) is 7.25. The van der Waals surface area contributed by atoms with Crippen molar-refractivity contribution in [2.45, 2.75) is 43.2 Å². The molecule has 21 heavy (non-hydrogen) atoms. The van der Waals surface area contributed by atoms with Gasteiger partial charge < -0.3 is 10.1 Å². The molecule has 1 aliphatic heterocycles. The van der Waals surface area contributed by atoms with Crippen molar-refractivity contribution >= 4 is 10.0 Å². The Hall–Kier alpha value is -0.950. The van der Waals surface area contributed by atoms with E-state index in [1.807, 2.05) is 27.0 Å². The first-order chi connectivity index (χ1) is 9.86. The van der Waals surface area contributed by atoms with Gasteiger partial charge in [0.1, 0.15) is 0 Å². The van der Waals surface area contributed by atoms with Gasteiger partial charge in [-0.1, -0.05) is 12.1 Å². The van der Waals surface area contributed by atoms with Crippen LogP contribution in [-0.2, 0) is 14.8 Å². The van der Waals surface area contributed by atoms with Crippen LogP contribution in [0, 0.1) is 0 Å². The molecule has 1 aromatic carbocycles. The molecule has 1 aromatic rings. The number of hydrogen-bond donors (Lipinski definition) is 2. The molecule has 5 nitrogen and oxygen atoms in total. The fourth-order valence-corrected chi connectivity index (χ4v) is 3.99. The van der Waals surface area contributed by atoms with E-state index >= 15 is 0 Å². The highest BCUT2D eigenvalue weighted by Crippen LogP contribution is 2.23. The molecule has 1 aliphatic rings. The average molecular weight is 312 g/mol. The van der Waals surface area contributed by atoms with Crippen molar-refractivity contribution in [2.75, 3.05) is 20.3 Å². The Morgan fingerprint density at radius 1 is 1.38 bits per heavy atom. The summed E-state index contributed by atoms with van der Waals surface area (Å²) in [6.45, 7) is 5.00. The van der Waals surface area contributed by atoms with Crippen LogP contribution in [0.4, 0.5) is 0 Å². The third kappa shape index (κ3) is 4.03. The second-order valence-electron chi connectivity index (χ2n) is 5.91. The smallest absolute Gasteiger partial charge is 0.241 e. The molecule has 0 amide bonds. The Bertz CT molecular complexity index is 580. The molecule has 1 heterocycles. The minimum atomic E-state index is -3.54. The molecule has 2 atom stereocenters. The average Bonchev–Trinajstić information content (AvgIpc) is 2.46. The van der Waals surface area contributed by atoms with Crippen molar-refractivity contribution in [1.82, 2.24) is 10.0 Å². The van der Waals surface area contributed by atoms with Gasteiger partial charge in [0, 0.05) is 12.6 Å². The van der Waals surface area contributed by atoms with Crippen molar-refractivity contribution in [3.05, 3.63) is 29.8 Å². The van der Waals surface area contributed by atoms with Gasteiger partial charge in [0.05, 0.1) is 17.0 Å². The Morgan fingerprint density at radius 2 is 2.14 bits per heavy atom. The molecule has 0 aliphatic carbocycles. The molecular weight excluding hydrogens is 288 g/mol. The van der Waals surface area contributed by atoms with Gasteiger partial charge in [-0.2, -0.15) is 0 Å². The quantitative estimate of drug-likeness (QED) is 0.870. The summed E-state index contributed by atoms with van der Waals surface area (Å²) in [6.07, 6.45) is 1.66. The maximum absolute atomic E-state index is 12.6. The molecule has 1 fully saturated rings. The molecule has 2 N–H and O–H groups in total. The van der Waals surface area contributed by atoms with Crippen molar-refractivity contribution in [1.29, 1.82) is 0 Å². The van der Waals surface area contributed by atoms with Gasteiger partial charge in [-0.25, -0.2) is 13.1 Å². The maximum atomic E-state index is 12.6. The zero-order valence-corrected chi connectivity index (χ0v) is 13.7. The monoisotopic (exact) mass is 312 g/mol. The lowest BCUT2D eigenvalue weighted by atomic mass is 9.97. The molecule has 0 saturated carbocycles. The minimum Gasteiger partial charge on any atom is -0.380 e. The summed E-state index contributed by atoms with van der Waals surface area (Å²) in [5, 5.41) is 3.11. The molecule has 2 unspecified atom stereocenters. The number of benzene rings is 1. The summed E-state index contributed by atoms with van der Waals surface area (Å²) in [6, 6.07) is 7.15. The van der Waals surface area contributed by atoms with E-state index in [0.29, 0.717) is 18.1 Å². The predicted molar refractivity (Wildman–Crippen MR) is 82.7 cm³/mol. The van der Waals surface area contributed by atoms with Gasteiger partial charge in [0.2, 0.25) is 10.0 Å². The molecule has 0 radical (unpaired) electrons. The molecule has 0 aromatic heterocycles. The van der Waals surface area contributed by atoms with Crippen LogP contribution < -0.4 is 10.0 Å². The van der Waals surface area contributed by atoms with Crippen molar-refractivity contribution in [3.8, 4) is 0 Å². The van der Waals surface area contributed by atoms with Gasteiger partial charge in [-0.05, 0) is 51.4 Å². The van der Waals surface area contributed by atoms with Crippen LogP contribution >= 0.6 is 0 Å². The molecule has 118 valence electrons. The molecule has 2 rings (SSSR count). The standard InChI is InChI=1S/C15H24N2O3S/c1-12(16-3)13-6-4-7-14(10-13)21(18,19)17-15(2)8-5-9-20-11-15/h4,6-7,10,12,16-17H,5,8-9,11H2,1-3H3. The highest BCUT2D eigenvalue weighted by molar-refractivity contribution is 7.89. The van der Waals surface area contributed by atoms with E-state index in [2.05, 4.69) is 10.0 Å². The Balaban J connectivity index is 2.23. The number of nitrogens with one attached hydrogen (secondary N) is 2. The van der Waals surface area contributed by atoms with Crippen LogP contribution in [-0.4, -0.2) is 34.2 Å². The van der Waals surface area contributed by atoms with E-state index in [0.717, 1.165) is 18.4 Å². The lowest BCUT2D eigenvalue weighted by molar-refractivity contribution is 0.0386. The summed E-state index contributed by atoms with van der Waals surface area (Å²) in [5.41, 5.74) is 0.423. The Morgan fingerprint density at radius 3 is 2.76 bits per heavy atom. The molecular formula is C15H24N2O3S. The number of sulfonamides is 1. The van der Waals surface area contributed by atoms with E-state index in [9.17, 15) is 8.42 Å². The van der Waals surface area contributed by atoms with Gasteiger partial charge in [0.15, 0.2) is 0 Å². The van der Waals surface area contributed by atoms with Gasteiger partial charge in [-0.3, -0.25) is 0 Å². The highest BCUT2D eigenvalue weighted by atomic mass is 32.2. The third-order valence-electron chi connectivity index (χ3n) is 3.92. The third-order valence-corrected chi connectivity index (χ3v) is 5.56. The zero-order chi connectivity index (χ0) is 15.5. The SMILES string of the molecule is CNC(C)c1cccc(S(=O)(=O)NC2(C)CCCOC2)c1. The molecule has 6 heteroatoms. The first kappa shape index (κ1) is 16.4. The molecule has 0 spiro atoms. The van der Waals surface area contributed by atoms with Crippen molar-refractivity contribution < 1.29 is 13.2 Å². The largest absolute Gasteiger partial charge is 0.380 e. The summed E-state index contributed by atoms with van der Waals surface area (Å²) < 4.78 is 33.4. The number of ether oxygens (including phenoxy) is 1. The lowest BCUT2D eigenvalue weighted by Gasteiger charge is -2.33. The second-order valence-corrected chi connectivity index (χ2v) is 7.59. The Kier molecular flexibility index (Phi) is 5.03. The van der Waals surface area contributed by atoms with Gasteiger partial charge >= 0.3 is 0 Å². The summed E-state index contributed by atoms with van der Waals surface area (Å²) >= 11 is 0. The second kappa shape index (κ2) is 6.44. The van der Waals surface area contributed by atoms with Crippen LogP contribution in [0.2, 0.25) is 0 Å². The normalized spacial score (nSPS) is 24.7. The van der Waals surface area contributed by atoms with E-state index in [1.54, 1.807) is 18.2 Å². The van der Waals surface area contributed by atoms with E-state index < -0.39 is 15.6 Å². The van der Waals surface area contributed by atoms with E-state index in [-0.39, 0.29) is 6.04 Å². The first-order valence-corrected chi connectivity index (χ1v) is 8.74. The molecule has 1 saturated heterocycles. The maximum Gasteiger partial charge on any atom is 0.241 e. The fourth-order valence-electron chi connectivity index (χ4n) is 2.52. The number of rotatable bonds is 5. The van der Waals surface area contributed by atoms with Crippen LogP contribution in [0.25, 0.3) is 0 Å². The van der Waals surface area contributed by atoms with Crippen LogP contribution in [0.15, 0.2) is 29.2 Å². The minimum absolute atomic E-state index is 0.105. The summed E-state index contributed by atoms with van der Waals surface area (Å²) in [5.74, 6) is 0. The topological polar surface area (TPSA) is 67.4 Å². The van der Waals surface area contributed by atoms with E-state index in [1.165, 1.54) is 0 Å². The van der Waals surface area contributed by atoms with Crippen LogP contribution in [0.5, 0.6) is 0 Å². The van der Waals surface area contributed by atoms with E-state index in [4.69, 9.17) is 4.74 Å². The predicted octanol–water partition coefficient (Wildman–Crippen LogP) is 1.81. The van der Waals surface area contributed by atoms with Crippen molar-refractivity contribution in [3.63, 3.8) is 0 Å². The summed E-state index contributed by atoms with van der Waals surface area (Å²) in [7, 11) is -1.69. The van der Waals surface area contributed by atoms with Gasteiger partial charge in [0.25, 0.3) is 0 Å². The fraction of sp³-hybridized carbons (Fsp3) is 0.600. The highest BCUT2D eigenvalue weighted by Gasteiger charge is 2.33. The van der Waals surface area contributed by atoms with Crippen molar-refractivity contribution in [2.24, 2.45) is 0 Å². The van der Waals surface area contributed by atoms with Crippen LogP contribution in [0.3, 0.4) is 0 Å². The Labute approximate surface area is 127 Å². The summed E-state index contributed by atoms with van der Waals surface area (Å²) in [4.78, 5) is 0.300. The van der Waals surface area contributed by atoms with Crippen LogP contribution in [0.1, 0.15) is 38.3 Å². The van der Waals surface area contributed by atoms with Gasteiger partial charge in [-0.15, -0.1) is 0 Å². The molecule has 0 bridgehead atoms. The lowest BCUT2D eigenvalue weighted by Crippen LogP contribution is -2.51. The zero-order valence-electron chi connectivity index (χ0n) is 12.8. The number of hydrogen-bond acceptors (Lipinski definition) is 4.